The molecule has 0 aliphatic carbocycles. The summed E-state index contributed by atoms with van der Waals surface area (Å²) in [5.74, 6) is 0. The van der Waals surface area contributed by atoms with Gasteiger partial charge < -0.3 is 4.90 Å². The lowest BCUT2D eigenvalue weighted by Crippen LogP contribution is -2.07. The van der Waals surface area contributed by atoms with Crippen molar-refractivity contribution < 1.29 is 4.92 Å². The number of allylic oxidation sites excluding steroid dienone is 3. The molecule has 0 bridgehead atoms. The summed E-state index contributed by atoms with van der Waals surface area (Å²) in [4.78, 5) is 12.4. The maximum absolute atomic E-state index is 10.8. The number of nitro benzene ring substituents is 1. The van der Waals surface area contributed by atoms with Crippen LogP contribution in [0.4, 0.5) is 11.4 Å². The molecule has 5 nitrogen and oxygen atoms in total. The first kappa shape index (κ1) is 17.0. The van der Waals surface area contributed by atoms with Crippen molar-refractivity contribution in [3.8, 4) is 6.07 Å². The zero-order valence-corrected chi connectivity index (χ0v) is 13.5. The Kier molecular flexibility index (Phi) is 5.48. The van der Waals surface area contributed by atoms with Gasteiger partial charge >= 0.3 is 0 Å². The molecule has 120 valence electrons. The highest BCUT2D eigenvalue weighted by Crippen LogP contribution is 2.20. The molecule has 0 atom stereocenters. The second kappa shape index (κ2) is 7.75. The van der Waals surface area contributed by atoms with Crippen LogP contribution in [-0.4, -0.2) is 19.0 Å². The Morgan fingerprint density at radius 3 is 2.50 bits per heavy atom. The van der Waals surface area contributed by atoms with E-state index in [0.29, 0.717) is 11.1 Å². The van der Waals surface area contributed by atoms with E-state index in [2.05, 4.69) is 6.07 Å². The van der Waals surface area contributed by atoms with Crippen molar-refractivity contribution in [3.63, 3.8) is 0 Å². The van der Waals surface area contributed by atoms with Crippen LogP contribution in [0.25, 0.3) is 11.6 Å². The highest BCUT2D eigenvalue weighted by molar-refractivity contribution is 5.79. The molecule has 0 saturated heterocycles. The molecular formula is C19H17N3O2. The molecule has 0 radical (unpaired) electrons. The van der Waals surface area contributed by atoms with Crippen LogP contribution in [0.3, 0.4) is 0 Å². The third-order valence-electron chi connectivity index (χ3n) is 3.45. The minimum absolute atomic E-state index is 0.0306. The molecule has 0 saturated carbocycles. The number of anilines is 1. The Bertz CT molecular complexity index is 828. The molecule has 0 unspecified atom stereocenters. The summed E-state index contributed by atoms with van der Waals surface area (Å²) in [7, 11) is 3.96. The van der Waals surface area contributed by atoms with E-state index in [0.717, 1.165) is 11.3 Å². The van der Waals surface area contributed by atoms with E-state index in [1.54, 1.807) is 24.3 Å². The van der Waals surface area contributed by atoms with E-state index >= 15 is 0 Å². The van der Waals surface area contributed by atoms with Gasteiger partial charge in [0, 0.05) is 31.9 Å². The number of hydrogen-bond acceptors (Lipinski definition) is 4. The van der Waals surface area contributed by atoms with Crippen molar-refractivity contribution in [1.29, 1.82) is 5.26 Å². The van der Waals surface area contributed by atoms with Gasteiger partial charge in [-0.05, 0) is 29.3 Å². The molecule has 0 aromatic heterocycles. The summed E-state index contributed by atoms with van der Waals surface area (Å²) in [5, 5.41) is 20.1. The zero-order chi connectivity index (χ0) is 17.5. The Labute approximate surface area is 140 Å². The van der Waals surface area contributed by atoms with Crippen LogP contribution in [0.2, 0.25) is 0 Å². The zero-order valence-electron chi connectivity index (χ0n) is 13.5. The smallest absolute Gasteiger partial charge is 0.270 e. The van der Waals surface area contributed by atoms with Gasteiger partial charge in [-0.15, -0.1) is 0 Å². The number of rotatable bonds is 5. The monoisotopic (exact) mass is 319 g/mol. The lowest BCUT2D eigenvalue weighted by molar-refractivity contribution is -0.384. The van der Waals surface area contributed by atoms with E-state index in [-0.39, 0.29) is 5.69 Å². The third-order valence-corrected chi connectivity index (χ3v) is 3.45. The van der Waals surface area contributed by atoms with Gasteiger partial charge in [-0.1, -0.05) is 36.4 Å². The summed E-state index contributed by atoms with van der Waals surface area (Å²) in [6.07, 6.45) is 5.30. The maximum atomic E-state index is 10.8. The summed E-state index contributed by atoms with van der Waals surface area (Å²) in [6, 6.07) is 16.1. The number of nitro groups is 1. The molecule has 0 spiro atoms. The lowest BCUT2D eigenvalue weighted by Gasteiger charge is -2.11. The fourth-order valence-electron chi connectivity index (χ4n) is 2.12. The van der Waals surface area contributed by atoms with Crippen LogP contribution in [0.15, 0.2) is 60.7 Å². The summed E-state index contributed by atoms with van der Waals surface area (Å²) in [5.41, 5.74) is 2.99. The second-order valence-corrected chi connectivity index (χ2v) is 5.34. The van der Waals surface area contributed by atoms with Gasteiger partial charge in [-0.3, -0.25) is 10.1 Å². The number of hydrogen-bond donors (Lipinski definition) is 0. The average Bonchev–Trinajstić information content (AvgIpc) is 2.59. The van der Waals surface area contributed by atoms with Gasteiger partial charge in [0.05, 0.1) is 16.6 Å². The molecule has 0 aliphatic heterocycles. The van der Waals surface area contributed by atoms with Crippen LogP contribution in [0.1, 0.15) is 11.1 Å². The van der Waals surface area contributed by atoms with Crippen LogP contribution >= 0.6 is 0 Å². The first-order valence-corrected chi connectivity index (χ1v) is 7.32. The van der Waals surface area contributed by atoms with Crippen molar-refractivity contribution in [1.82, 2.24) is 0 Å². The van der Waals surface area contributed by atoms with Crippen LogP contribution in [0.5, 0.6) is 0 Å². The first-order valence-electron chi connectivity index (χ1n) is 7.32. The SMILES string of the molecule is CN(C)c1ccc(/C=C/C=C(\C#N)c2cccc([N+](=O)[O-])c2)cc1. The number of benzene rings is 2. The molecule has 2 aromatic carbocycles. The van der Waals surface area contributed by atoms with Gasteiger partial charge in [-0.25, -0.2) is 0 Å². The molecule has 0 aliphatic rings. The highest BCUT2D eigenvalue weighted by atomic mass is 16.6. The van der Waals surface area contributed by atoms with Crippen molar-refractivity contribution in [2.24, 2.45) is 0 Å². The van der Waals surface area contributed by atoms with Gasteiger partial charge in [0.25, 0.3) is 5.69 Å². The molecule has 2 aromatic rings. The van der Waals surface area contributed by atoms with E-state index in [9.17, 15) is 15.4 Å². The molecule has 0 heterocycles. The van der Waals surface area contributed by atoms with Gasteiger partial charge in [0.15, 0.2) is 0 Å². The molecule has 0 amide bonds. The van der Waals surface area contributed by atoms with Crippen molar-refractivity contribution in [3.05, 3.63) is 81.9 Å². The predicted octanol–water partition coefficient (Wildman–Crippen LogP) is 4.28. The molecule has 2 rings (SSSR count). The van der Waals surface area contributed by atoms with Gasteiger partial charge in [0.2, 0.25) is 0 Å². The van der Waals surface area contributed by atoms with E-state index in [1.165, 1.54) is 12.1 Å². The second-order valence-electron chi connectivity index (χ2n) is 5.34. The van der Waals surface area contributed by atoms with Crippen molar-refractivity contribution >= 4 is 23.0 Å². The van der Waals surface area contributed by atoms with Crippen LogP contribution in [0, 0.1) is 21.4 Å². The van der Waals surface area contributed by atoms with Gasteiger partial charge in [0.1, 0.15) is 0 Å². The Balaban J connectivity index is 2.20. The first-order chi connectivity index (χ1) is 11.5. The predicted molar refractivity (Wildman–Crippen MR) is 96.5 cm³/mol. The number of non-ortho nitro benzene ring substituents is 1. The number of nitrogens with zero attached hydrogens (tertiary/aromatic N) is 3. The maximum Gasteiger partial charge on any atom is 0.270 e. The van der Waals surface area contributed by atoms with Gasteiger partial charge in [-0.2, -0.15) is 5.26 Å². The quantitative estimate of drug-likeness (QED) is 0.357. The number of nitriles is 1. The Morgan fingerprint density at radius 1 is 1.21 bits per heavy atom. The average molecular weight is 319 g/mol. The van der Waals surface area contributed by atoms with E-state index in [1.807, 2.05) is 49.3 Å². The molecule has 5 heteroatoms. The molecule has 0 fully saturated rings. The molecule has 24 heavy (non-hydrogen) atoms. The topological polar surface area (TPSA) is 70.2 Å². The summed E-state index contributed by atoms with van der Waals surface area (Å²) >= 11 is 0. The Morgan fingerprint density at radius 2 is 1.92 bits per heavy atom. The standard InChI is InChI=1S/C19H17N3O2/c1-21(2)18-11-9-15(10-12-18)5-3-7-17(14-20)16-6-4-8-19(13-16)22(23)24/h3-13H,1-2H3/b5-3+,17-7+. The van der Waals surface area contributed by atoms with E-state index < -0.39 is 4.92 Å². The van der Waals surface area contributed by atoms with Crippen LogP contribution in [-0.2, 0) is 0 Å². The molecule has 0 N–H and O–H groups in total. The van der Waals surface area contributed by atoms with Crippen molar-refractivity contribution in [2.75, 3.05) is 19.0 Å². The largest absolute Gasteiger partial charge is 0.378 e. The van der Waals surface area contributed by atoms with Crippen LogP contribution < -0.4 is 4.90 Å². The fourth-order valence-corrected chi connectivity index (χ4v) is 2.12. The summed E-state index contributed by atoms with van der Waals surface area (Å²) in [6.45, 7) is 0. The third kappa shape index (κ3) is 4.31. The molecular weight excluding hydrogens is 302 g/mol. The van der Waals surface area contributed by atoms with Crippen molar-refractivity contribution in [2.45, 2.75) is 0 Å². The van der Waals surface area contributed by atoms with E-state index in [4.69, 9.17) is 0 Å². The normalized spacial score (nSPS) is 11.3. The fraction of sp³-hybridized carbons (Fsp3) is 0.105. The minimum Gasteiger partial charge on any atom is -0.378 e. The summed E-state index contributed by atoms with van der Waals surface area (Å²) < 4.78 is 0. The Hall–Kier alpha value is -3.39. The lowest BCUT2D eigenvalue weighted by atomic mass is 10.1. The minimum atomic E-state index is -0.472. The highest BCUT2D eigenvalue weighted by Gasteiger charge is 2.07.